The summed E-state index contributed by atoms with van der Waals surface area (Å²) in [5, 5.41) is 21.3. The SMILES string of the molecule is Cc1ccc(O)c(C(=O)Nc2cc(N)ccc2C(=O)O)c1. The number of nitrogens with two attached hydrogens (primary N) is 1. The highest BCUT2D eigenvalue weighted by atomic mass is 16.4. The number of anilines is 2. The molecule has 0 spiro atoms. The first-order valence-electron chi connectivity index (χ1n) is 6.12. The number of hydrogen-bond acceptors (Lipinski definition) is 4. The summed E-state index contributed by atoms with van der Waals surface area (Å²) in [6, 6.07) is 8.68. The van der Waals surface area contributed by atoms with E-state index in [0.717, 1.165) is 5.56 Å². The highest BCUT2D eigenvalue weighted by Gasteiger charge is 2.16. The van der Waals surface area contributed by atoms with Crippen LogP contribution in [0.25, 0.3) is 0 Å². The average Bonchev–Trinajstić information content (AvgIpc) is 2.41. The van der Waals surface area contributed by atoms with Gasteiger partial charge in [-0.25, -0.2) is 4.79 Å². The van der Waals surface area contributed by atoms with E-state index in [1.54, 1.807) is 13.0 Å². The summed E-state index contributed by atoms with van der Waals surface area (Å²) in [7, 11) is 0. The molecule has 21 heavy (non-hydrogen) atoms. The molecule has 1 amide bonds. The Morgan fingerprint density at radius 3 is 2.48 bits per heavy atom. The van der Waals surface area contributed by atoms with Crippen LogP contribution in [0.2, 0.25) is 0 Å². The Bertz CT molecular complexity index is 726. The molecule has 2 aromatic carbocycles. The van der Waals surface area contributed by atoms with Gasteiger partial charge in [0.2, 0.25) is 0 Å². The average molecular weight is 286 g/mol. The third kappa shape index (κ3) is 3.11. The molecule has 0 saturated carbocycles. The van der Waals surface area contributed by atoms with E-state index in [9.17, 15) is 14.7 Å². The normalized spacial score (nSPS) is 10.1. The van der Waals surface area contributed by atoms with E-state index < -0.39 is 11.9 Å². The first kappa shape index (κ1) is 14.4. The van der Waals surface area contributed by atoms with Crippen molar-refractivity contribution in [3.05, 3.63) is 53.1 Å². The van der Waals surface area contributed by atoms with Crippen molar-refractivity contribution in [2.75, 3.05) is 11.1 Å². The Morgan fingerprint density at radius 2 is 1.81 bits per heavy atom. The van der Waals surface area contributed by atoms with Gasteiger partial charge < -0.3 is 21.3 Å². The maximum Gasteiger partial charge on any atom is 0.337 e. The van der Waals surface area contributed by atoms with Gasteiger partial charge in [-0.2, -0.15) is 0 Å². The van der Waals surface area contributed by atoms with Crippen LogP contribution in [0.15, 0.2) is 36.4 Å². The van der Waals surface area contributed by atoms with Crippen LogP contribution < -0.4 is 11.1 Å². The third-order valence-corrected chi connectivity index (χ3v) is 2.92. The molecule has 0 heterocycles. The van der Waals surface area contributed by atoms with E-state index in [-0.39, 0.29) is 22.6 Å². The molecule has 2 rings (SSSR count). The number of aryl methyl sites for hydroxylation is 1. The first-order chi connectivity index (χ1) is 9.88. The molecule has 108 valence electrons. The third-order valence-electron chi connectivity index (χ3n) is 2.92. The van der Waals surface area contributed by atoms with Crippen molar-refractivity contribution in [3.8, 4) is 5.75 Å². The summed E-state index contributed by atoms with van der Waals surface area (Å²) in [5.74, 6) is -1.97. The molecular weight excluding hydrogens is 272 g/mol. The zero-order chi connectivity index (χ0) is 15.6. The fraction of sp³-hybridized carbons (Fsp3) is 0.0667. The van der Waals surface area contributed by atoms with Gasteiger partial charge in [0.25, 0.3) is 5.91 Å². The van der Waals surface area contributed by atoms with Crippen LogP contribution in [0, 0.1) is 6.92 Å². The maximum absolute atomic E-state index is 12.2. The first-order valence-corrected chi connectivity index (χ1v) is 6.12. The molecule has 0 aromatic heterocycles. The number of carbonyl (C=O) groups is 2. The van der Waals surface area contributed by atoms with E-state index in [1.807, 2.05) is 0 Å². The minimum atomic E-state index is -1.18. The van der Waals surface area contributed by atoms with Crippen molar-refractivity contribution in [2.24, 2.45) is 0 Å². The Labute approximate surface area is 120 Å². The van der Waals surface area contributed by atoms with Crippen molar-refractivity contribution in [3.63, 3.8) is 0 Å². The standard InChI is InChI=1S/C15H14N2O4/c1-8-2-5-13(18)11(6-8)14(19)17-12-7-9(16)3-4-10(12)15(20)21/h2-7,18H,16H2,1H3,(H,17,19)(H,20,21). The summed E-state index contributed by atoms with van der Waals surface area (Å²) in [6.45, 7) is 1.78. The van der Waals surface area contributed by atoms with E-state index >= 15 is 0 Å². The number of phenolic OH excluding ortho intramolecular Hbond substituents is 1. The number of carboxylic acids is 1. The van der Waals surface area contributed by atoms with Gasteiger partial charge >= 0.3 is 5.97 Å². The molecule has 0 fully saturated rings. The Balaban J connectivity index is 2.38. The van der Waals surface area contributed by atoms with Crippen molar-refractivity contribution in [1.29, 1.82) is 0 Å². The lowest BCUT2D eigenvalue weighted by Crippen LogP contribution is -2.15. The quantitative estimate of drug-likeness (QED) is 0.646. The Kier molecular flexibility index (Phi) is 3.80. The van der Waals surface area contributed by atoms with Gasteiger partial charge in [-0.3, -0.25) is 4.79 Å². The molecule has 2 aromatic rings. The highest BCUT2D eigenvalue weighted by molar-refractivity contribution is 6.09. The zero-order valence-electron chi connectivity index (χ0n) is 11.3. The Hall–Kier alpha value is -3.02. The molecule has 0 bridgehead atoms. The van der Waals surface area contributed by atoms with Crippen LogP contribution in [0.1, 0.15) is 26.3 Å². The molecule has 6 heteroatoms. The molecule has 0 aliphatic heterocycles. The zero-order valence-corrected chi connectivity index (χ0v) is 11.3. The summed E-state index contributed by atoms with van der Waals surface area (Å²) in [5.41, 5.74) is 6.78. The molecule has 5 N–H and O–H groups in total. The molecule has 0 atom stereocenters. The van der Waals surface area contributed by atoms with Gasteiger partial charge in [0.15, 0.2) is 0 Å². The van der Waals surface area contributed by atoms with E-state index in [0.29, 0.717) is 5.69 Å². The summed E-state index contributed by atoms with van der Waals surface area (Å²) in [6.07, 6.45) is 0. The van der Waals surface area contributed by atoms with Crippen molar-refractivity contribution >= 4 is 23.3 Å². The Morgan fingerprint density at radius 1 is 1.10 bits per heavy atom. The molecule has 0 radical (unpaired) electrons. The topological polar surface area (TPSA) is 113 Å². The lowest BCUT2D eigenvalue weighted by molar-refractivity contribution is 0.0698. The van der Waals surface area contributed by atoms with Gasteiger partial charge in [-0.05, 0) is 37.3 Å². The molecule has 0 unspecified atom stereocenters. The van der Waals surface area contributed by atoms with Gasteiger partial charge in [0.05, 0.1) is 16.8 Å². The number of carbonyl (C=O) groups excluding carboxylic acids is 1. The predicted octanol–water partition coefficient (Wildman–Crippen LogP) is 2.23. The highest BCUT2D eigenvalue weighted by Crippen LogP contribution is 2.23. The number of rotatable bonds is 3. The number of aromatic carboxylic acids is 1. The number of nitrogens with one attached hydrogen (secondary N) is 1. The van der Waals surface area contributed by atoms with E-state index in [1.165, 1.54) is 30.3 Å². The van der Waals surface area contributed by atoms with E-state index in [4.69, 9.17) is 10.8 Å². The summed E-state index contributed by atoms with van der Waals surface area (Å²) >= 11 is 0. The molecule has 0 aliphatic rings. The molecule has 6 nitrogen and oxygen atoms in total. The van der Waals surface area contributed by atoms with Crippen LogP contribution in [-0.4, -0.2) is 22.1 Å². The van der Waals surface area contributed by atoms with Crippen LogP contribution in [0.3, 0.4) is 0 Å². The van der Waals surface area contributed by atoms with Gasteiger partial charge in [-0.15, -0.1) is 0 Å². The lowest BCUT2D eigenvalue weighted by Gasteiger charge is -2.10. The number of benzene rings is 2. The van der Waals surface area contributed by atoms with Crippen LogP contribution in [-0.2, 0) is 0 Å². The second kappa shape index (κ2) is 5.54. The smallest absolute Gasteiger partial charge is 0.337 e. The van der Waals surface area contributed by atoms with Crippen LogP contribution in [0.5, 0.6) is 5.75 Å². The van der Waals surface area contributed by atoms with E-state index in [2.05, 4.69) is 5.32 Å². The number of nitrogen functional groups attached to an aromatic ring is 1. The molecular formula is C15H14N2O4. The monoisotopic (exact) mass is 286 g/mol. The number of aromatic hydroxyl groups is 1. The van der Waals surface area contributed by atoms with Crippen molar-refractivity contribution < 1.29 is 19.8 Å². The van der Waals surface area contributed by atoms with Crippen molar-refractivity contribution in [1.82, 2.24) is 0 Å². The lowest BCUT2D eigenvalue weighted by atomic mass is 10.1. The number of hydrogen-bond donors (Lipinski definition) is 4. The fourth-order valence-corrected chi connectivity index (χ4v) is 1.87. The minimum Gasteiger partial charge on any atom is -0.507 e. The number of carboxylic acid groups (broad SMARTS) is 1. The number of phenols is 1. The van der Waals surface area contributed by atoms with Gasteiger partial charge in [0, 0.05) is 5.69 Å². The van der Waals surface area contributed by atoms with Crippen LogP contribution in [0.4, 0.5) is 11.4 Å². The largest absolute Gasteiger partial charge is 0.507 e. The summed E-state index contributed by atoms with van der Waals surface area (Å²) < 4.78 is 0. The second-order valence-corrected chi connectivity index (χ2v) is 4.58. The maximum atomic E-state index is 12.2. The minimum absolute atomic E-state index is 0.0637. The molecule has 0 saturated heterocycles. The number of amides is 1. The van der Waals surface area contributed by atoms with Gasteiger partial charge in [0.1, 0.15) is 5.75 Å². The predicted molar refractivity (Wildman–Crippen MR) is 78.6 cm³/mol. The van der Waals surface area contributed by atoms with Crippen molar-refractivity contribution in [2.45, 2.75) is 6.92 Å². The molecule has 0 aliphatic carbocycles. The second-order valence-electron chi connectivity index (χ2n) is 4.58. The fourth-order valence-electron chi connectivity index (χ4n) is 1.87. The summed E-state index contributed by atoms with van der Waals surface area (Å²) in [4.78, 5) is 23.3. The van der Waals surface area contributed by atoms with Crippen LogP contribution >= 0.6 is 0 Å². The van der Waals surface area contributed by atoms with Gasteiger partial charge in [-0.1, -0.05) is 11.6 Å².